The quantitative estimate of drug-likeness (QED) is 0.0511. The lowest BCUT2D eigenvalue weighted by Crippen LogP contribution is -2.44. The van der Waals surface area contributed by atoms with Crippen molar-refractivity contribution in [1.82, 2.24) is 41.0 Å². The highest BCUT2D eigenvalue weighted by Gasteiger charge is 2.42. The highest BCUT2D eigenvalue weighted by molar-refractivity contribution is 8.00. The largest absolute Gasteiger partial charge is 0.497 e. The second-order valence-corrected chi connectivity index (χ2v) is 17.3. The molecule has 3 heterocycles. The van der Waals surface area contributed by atoms with Gasteiger partial charge in [0.15, 0.2) is 5.82 Å². The third-order valence-corrected chi connectivity index (χ3v) is 12.9. The second-order valence-electron chi connectivity index (χ2n) is 16.0. The van der Waals surface area contributed by atoms with E-state index in [4.69, 9.17) is 34.5 Å². The Balaban J connectivity index is 1.21. The van der Waals surface area contributed by atoms with Crippen molar-refractivity contribution < 1.29 is 42.9 Å². The van der Waals surface area contributed by atoms with E-state index in [2.05, 4.69) is 43.7 Å². The minimum atomic E-state index is -0.514. The number of aromatic nitrogens is 2. The summed E-state index contributed by atoms with van der Waals surface area (Å²) in [4.78, 5) is 77.8. The van der Waals surface area contributed by atoms with Crippen LogP contribution in [-0.2, 0) is 19.2 Å². The summed E-state index contributed by atoms with van der Waals surface area (Å²) in [6.45, 7) is 1.67. The van der Waals surface area contributed by atoms with Crippen molar-refractivity contribution in [2.24, 2.45) is 0 Å². The first kappa shape index (κ1) is 52.1. The normalized spacial score (nSPS) is 15.8. The van der Waals surface area contributed by atoms with Crippen LogP contribution in [0.1, 0.15) is 57.8 Å². The number of urea groups is 1. The van der Waals surface area contributed by atoms with Gasteiger partial charge in [-0.3, -0.25) is 24.1 Å². The smallest absolute Gasteiger partial charge is 0.315 e. The van der Waals surface area contributed by atoms with Crippen LogP contribution in [0.15, 0.2) is 42.5 Å². The number of ether oxygens (including phenoxy) is 4. The van der Waals surface area contributed by atoms with Crippen LogP contribution in [0, 0.1) is 22.7 Å². The maximum atomic E-state index is 13.8. The molecule has 1 aromatic heterocycles. The van der Waals surface area contributed by atoms with Gasteiger partial charge in [-0.25, -0.2) is 14.8 Å². The highest BCUT2D eigenvalue weighted by atomic mass is 32.2. The van der Waals surface area contributed by atoms with E-state index in [9.17, 15) is 24.0 Å². The molecule has 2 aliphatic heterocycles. The molecular weight excluding hydrogens is 895 g/mol. The van der Waals surface area contributed by atoms with Crippen molar-refractivity contribution >= 4 is 47.2 Å². The lowest BCUT2D eigenvalue weighted by molar-refractivity contribution is -0.137. The molecule has 2 aliphatic rings. The van der Waals surface area contributed by atoms with Crippen molar-refractivity contribution in [2.75, 3.05) is 85.3 Å². The summed E-state index contributed by atoms with van der Waals surface area (Å²) < 4.78 is 22.1. The Labute approximate surface area is 401 Å². The first-order chi connectivity index (χ1) is 33.0. The van der Waals surface area contributed by atoms with Gasteiger partial charge in [0.25, 0.3) is 0 Å². The predicted octanol–water partition coefficient (Wildman–Crippen LogP) is 3.87. The number of rotatable bonds is 28. The molecule has 2 fully saturated rings. The summed E-state index contributed by atoms with van der Waals surface area (Å²) in [7, 11) is 6.11. The topological polar surface area (TPSA) is 262 Å². The average molecular weight is 956 g/mol. The van der Waals surface area contributed by atoms with Gasteiger partial charge in [-0.2, -0.15) is 22.3 Å². The molecule has 364 valence electrons. The highest BCUT2D eigenvalue weighted by Crippen LogP contribution is 2.37. The molecule has 2 unspecified atom stereocenters. The van der Waals surface area contributed by atoms with Gasteiger partial charge >= 0.3 is 6.03 Å². The number of carbonyl (C=O) groups is 5. The van der Waals surface area contributed by atoms with E-state index in [0.717, 1.165) is 18.6 Å². The molecule has 68 heavy (non-hydrogen) atoms. The third-order valence-electron chi connectivity index (χ3n) is 11.4. The number of unbranched alkanes of at least 4 members (excludes halogenated alkanes) is 1. The third kappa shape index (κ3) is 15.6. The van der Waals surface area contributed by atoms with Crippen molar-refractivity contribution in [1.29, 1.82) is 10.5 Å². The monoisotopic (exact) mass is 955 g/mol. The minimum absolute atomic E-state index is 0.116. The van der Waals surface area contributed by atoms with Gasteiger partial charge < -0.3 is 50.4 Å². The molecule has 20 nitrogen and oxygen atoms in total. The van der Waals surface area contributed by atoms with Gasteiger partial charge in [0.1, 0.15) is 28.8 Å². The molecule has 0 radical (unpaired) electrons. The Kier molecular flexibility index (Phi) is 20.8. The maximum absolute atomic E-state index is 13.8. The Hall–Kier alpha value is -6.84. The summed E-state index contributed by atoms with van der Waals surface area (Å²) >= 11 is 1.84. The molecule has 0 bridgehead atoms. The first-order valence-corrected chi connectivity index (χ1v) is 23.6. The molecule has 3 atom stereocenters. The molecule has 0 saturated carbocycles. The van der Waals surface area contributed by atoms with Gasteiger partial charge in [-0.05, 0) is 43.5 Å². The fourth-order valence-corrected chi connectivity index (χ4v) is 9.38. The Morgan fingerprint density at radius 3 is 2.10 bits per heavy atom. The average Bonchev–Trinajstić information content (AvgIpc) is 3.91. The van der Waals surface area contributed by atoms with E-state index in [1.165, 1.54) is 26.2 Å². The Morgan fingerprint density at radius 2 is 1.43 bits per heavy atom. The van der Waals surface area contributed by atoms with E-state index < -0.39 is 17.7 Å². The SMILES string of the molecule is COc1ccc(-c2cc(NC(=O)CCC(=O)N(CCCNC(=O)CCCCC3SCC4NC(=O)N[C@@H]43)CC(=O)NCCN(CCC#N)CCC#N)nc(-c3ccc(OC)cc3OC)n2)c(OC)c1. The number of nitrogens with zero attached hydrogens (tertiary/aromatic N) is 6. The van der Waals surface area contributed by atoms with Crippen LogP contribution in [0.25, 0.3) is 22.6 Å². The number of nitriles is 2. The number of fused-ring (bicyclic) bond motifs is 1. The number of nitrogens with one attached hydrogen (secondary N) is 5. The van der Waals surface area contributed by atoms with E-state index in [1.807, 2.05) is 16.7 Å². The molecule has 0 spiro atoms. The molecule has 5 N–H and O–H groups in total. The van der Waals surface area contributed by atoms with Crippen LogP contribution < -0.4 is 45.5 Å². The Morgan fingerprint density at radius 1 is 0.750 bits per heavy atom. The predicted molar refractivity (Wildman–Crippen MR) is 255 cm³/mol. The number of hydrogen-bond donors (Lipinski definition) is 5. The zero-order valence-corrected chi connectivity index (χ0v) is 39.9. The number of benzene rings is 2. The zero-order chi connectivity index (χ0) is 48.8. The summed E-state index contributed by atoms with van der Waals surface area (Å²) in [5.41, 5.74) is 1.53. The number of methoxy groups -OCH3 is 4. The van der Waals surface area contributed by atoms with E-state index in [1.54, 1.807) is 49.6 Å². The van der Waals surface area contributed by atoms with E-state index >= 15 is 0 Å². The summed E-state index contributed by atoms with van der Waals surface area (Å²) in [6, 6.07) is 16.3. The van der Waals surface area contributed by atoms with Crippen molar-refractivity contribution in [3.05, 3.63) is 42.5 Å². The lowest BCUT2D eigenvalue weighted by Gasteiger charge is -2.23. The molecule has 0 aliphatic carbocycles. The molecule has 2 aromatic carbocycles. The Bertz CT molecular complexity index is 2210. The second kappa shape index (κ2) is 27.1. The van der Waals surface area contributed by atoms with Crippen LogP contribution in [0.5, 0.6) is 23.0 Å². The molecule has 2 saturated heterocycles. The fraction of sp³-hybridized carbons (Fsp3) is 0.511. The van der Waals surface area contributed by atoms with E-state index in [-0.39, 0.29) is 87.5 Å². The van der Waals surface area contributed by atoms with E-state index in [0.29, 0.717) is 84.0 Å². The maximum Gasteiger partial charge on any atom is 0.315 e. The van der Waals surface area contributed by atoms with Crippen LogP contribution in [-0.4, -0.2) is 147 Å². The number of amides is 6. The van der Waals surface area contributed by atoms with Crippen molar-refractivity contribution in [2.45, 2.75) is 75.1 Å². The minimum Gasteiger partial charge on any atom is -0.497 e. The number of anilines is 1. The summed E-state index contributed by atoms with van der Waals surface area (Å²) in [5.74, 6) is 1.77. The van der Waals surface area contributed by atoms with Crippen LogP contribution in [0.4, 0.5) is 10.6 Å². The standard InChI is InChI=1S/C47H61N11O9S/c1-64-31-12-14-33(37(26-31)66-3)35-28-40(55-46(52-35)34-15-13-32(65-2)27-38(34)67-4)54-42(60)16-17-44(62)58(29-43(61)51-21-25-57(22-7-18-48)23-8-19-49)24-9-20-50-41(59)11-6-5-10-39-45-36(30-68-39)53-47(63)56-45/h12-15,26-28,36,39,45H,5-11,16-17,20-25,29-30H2,1-4H3,(H,50,59)(H,51,61)(H2,53,56,63)(H,52,54,55,60)/t36?,39?,45-/m0/s1. The van der Waals surface area contributed by atoms with Crippen LogP contribution in [0.3, 0.4) is 0 Å². The molecule has 21 heteroatoms. The summed E-state index contributed by atoms with van der Waals surface area (Å²) in [5, 5.41) is 32.9. The van der Waals surface area contributed by atoms with Gasteiger partial charge in [0.05, 0.1) is 70.5 Å². The first-order valence-electron chi connectivity index (χ1n) is 22.6. The molecule has 3 aromatic rings. The van der Waals surface area contributed by atoms with Gasteiger partial charge in [-0.1, -0.05) is 6.42 Å². The zero-order valence-electron chi connectivity index (χ0n) is 39.1. The van der Waals surface area contributed by atoms with Crippen molar-refractivity contribution in [3.63, 3.8) is 0 Å². The molecule has 6 amide bonds. The number of thioether (sulfide) groups is 1. The lowest BCUT2D eigenvalue weighted by atomic mass is 10.0. The van der Waals surface area contributed by atoms with Crippen LogP contribution >= 0.6 is 11.8 Å². The number of carbonyl (C=O) groups excluding carboxylic acids is 5. The number of hydrogen-bond acceptors (Lipinski definition) is 15. The van der Waals surface area contributed by atoms with Gasteiger partial charge in [0, 0.05) is 106 Å². The van der Waals surface area contributed by atoms with Gasteiger partial charge in [-0.15, -0.1) is 0 Å². The fourth-order valence-electron chi connectivity index (χ4n) is 7.83. The van der Waals surface area contributed by atoms with Crippen LogP contribution in [0.2, 0.25) is 0 Å². The van der Waals surface area contributed by atoms with Gasteiger partial charge in [0.2, 0.25) is 23.6 Å². The molecule has 5 rings (SSSR count). The summed E-state index contributed by atoms with van der Waals surface area (Å²) in [6.07, 6.45) is 3.22. The molecular formula is C47H61N11O9S. The van der Waals surface area contributed by atoms with Crippen molar-refractivity contribution in [3.8, 4) is 57.8 Å².